The fourth-order valence-corrected chi connectivity index (χ4v) is 2.26. The van der Waals surface area contributed by atoms with Gasteiger partial charge in [-0.3, -0.25) is 9.59 Å². The molecule has 0 heterocycles. The van der Waals surface area contributed by atoms with Gasteiger partial charge in [-0.05, 0) is 24.1 Å². The minimum Gasteiger partial charge on any atom is -0.481 e. The molecule has 1 atom stereocenters. The van der Waals surface area contributed by atoms with E-state index in [1.54, 1.807) is 12.1 Å². The molecule has 0 fully saturated rings. The fourth-order valence-electron chi connectivity index (χ4n) is 1.85. The number of fused-ring (bicyclic) bond motifs is 1. The summed E-state index contributed by atoms with van der Waals surface area (Å²) in [6, 6.07) is 5.37. The molecular formula is C11H9BrO3. The largest absolute Gasteiger partial charge is 0.481 e. The normalized spacial score (nSPS) is 19.8. The number of benzene rings is 1. The Bertz CT molecular complexity index is 439. The Morgan fingerprint density at radius 1 is 1.40 bits per heavy atom. The maximum atomic E-state index is 11.6. The summed E-state index contributed by atoms with van der Waals surface area (Å²) in [7, 11) is 0. The number of halogens is 1. The van der Waals surface area contributed by atoms with Gasteiger partial charge in [0.15, 0.2) is 5.78 Å². The van der Waals surface area contributed by atoms with E-state index in [4.69, 9.17) is 5.11 Å². The summed E-state index contributed by atoms with van der Waals surface area (Å²) in [4.78, 5) is 22.5. The first-order chi connectivity index (χ1) is 7.08. The highest BCUT2D eigenvalue weighted by atomic mass is 79.9. The lowest BCUT2D eigenvalue weighted by atomic mass is 9.83. The third-order valence-corrected chi connectivity index (χ3v) is 3.11. The smallest absolute Gasteiger partial charge is 0.307 e. The van der Waals surface area contributed by atoms with Crippen LogP contribution in [0, 0.1) is 5.92 Å². The van der Waals surface area contributed by atoms with Gasteiger partial charge in [0.1, 0.15) is 0 Å². The second-order valence-corrected chi connectivity index (χ2v) is 4.58. The third kappa shape index (κ3) is 1.95. The van der Waals surface area contributed by atoms with Gasteiger partial charge in [-0.25, -0.2) is 0 Å². The van der Waals surface area contributed by atoms with Crippen LogP contribution in [0.25, 0.3) is 0 Å². The molecule has 0 radical (unpaired) electrons. The van der Waals surface area contributed by atoms with E-state index in [1.165, 1.54) is 0 Å². The molecule has 0 bridgehead atoms. The number of hydrogen-bond acceptors (Lipinski definition) is 2. The molecular weight excluding hydrogens is 260 g/mol. The lowest BCUT2D eigenvalue weighted by Gasteiger charge is -2.20. The molecule has 0 aromatic heterocycles. The standard InChI is InChI=1S/C11H9BrO3/c12-8-1-2-9-6(4-8)3-7(11(14)15)5-10(9)13/h1-2,4,7H,3,5H2,(H,14,15). The summed E-state index contributed by atoms with van der Waals surface area (Å²) in [5.74, 6) is -1.54. The number of hydrogen-bond donors (Lipinski definition) is 1. The first kappa shape index (κ1) is 10.4. The second kappa shape index (κ2) is 3.77. The Hall–Kier alpha value is -1.16. The number of carboxylic acids is 1. The average molecular weight is 269 g/mol. The summed E-state index contributed by atoms with van der Waals surface area (Å²) in [6.45, 7) is 0. The number of carboxylic acid groups (broad SMARTS) is 1. The van der Waals surface area contributed by atoms with Gasteiger partial charge in [-0.1, -0.05) is 22.0 Å². The van der Waals surface area contributed by atoms with Crippen LogP contribution in [-0.4, -0.2) is 16.9 Å². The fraction of sp³-hybridized carbons (Fsp3) is 0.273. The van der Waals surface area contributed by atoms with Gasteiger partial charge in [0.05, 0.1) is 5.92 Å². The maximum Gasteiger partial charge on any atom is 0.307 e. The van der Waals surface area contributed by atoms with Crippen molar-refractivity contribution in [2.75, 3.05) is 0 Å². The van der Waals surface area contributed by atoms with Crippen LogP contribution < -0.4 is 0 Å². The highest BCUT2D eigenvalue weighted by molar-refractivity contribution is 9.10. The minimum atomic E-state index is -0.894. The predicted octanol–water partition coefficient (Wildman–Crippen LogP) is 2.28. The summed E-state index contributed by atoms with van der Waals surface area (Å²) in [6.07, 6.45) is 0.555. The second-order valence-electron chi connectivity index (χ2n) is 3.67. The zero-order valence-electron chi connectivity index (χ0n) is 7.87. The van der Waals surface area contributed by atoms with Crippen molar-refractivity contribution in [1.82, 2.24) is 0 Å². The maximum absolute atomic E-state index is 11.6. The highest BCUT2D eigenvalue weighted by Gasteiger charge is 2.29. The van der Waals surface area contributed by atoms with Crippen LogP contribution in [0.4, 0.5) is 0 Å². The van der Waals surface area contributed by atoms with E-state index in [9.17, 15) is 9.59 Å². The summed E-state index contributed by atoms with van der Waals surface area (Å²) in [5, 5.41) is 8.89. The van der Waals surface area contributed by atoms with Gasteiger partial charge in [0, 0.05) is 16.5 Å². The molecule has 0 saturated carbocycles. The first-order valence-electron chi connectivity index (χ1n) is 4.62. The first-order valence-corrected chi connectivity index (χ1v) is 5.41. The van der Waals surface area contributed by atoms with Crippen molar-refractivity contribution in [2.24, 2.45) is 5.92 Å². The van der Waals surface area contributed by atoms with Crippen LogP contribution in [0.15, 0.2) is 22.7 Å². The Labute approximate surface area is 95.2 Å². The van der Waals surface area contributed by atoms with E-state index in [1.807, 2.05) is 6.07 Å². The molecule has 4 heteroatoms. The molecule has 3 nitrogen and oxygen atoms in total. The monoisotopic (exact) mass is 268 g/mol. The molecule has 1 unspecified atom stereocenters. The molecule has 15 heavy (non-hydrogen) atoms. The van der Waals surface area contributed by atoms with Crippen molar-refractivity contribution in [3.8, 4) is 0 Å². The SMILES string of the molecule is O=C1CC(C(=O)O)Cc2cc(Br)ccc21. The Kier molecular flexibility index (Phi) is 2.61. The van der Waals surface area contributed by atoms with Crippen LogP contribution >= 0.6 is 15.9 Å². The number of carbonyl (C=O) groups excluding carboxylic acids is 1. The van der Waals surface area contributed by atoms with Gasteiger partial charge >= 0.3 is 5.97 Å². The number of ketones is 1. The van der Waals surface area contributed by atoms with Crippen molar-refractivity contribution in [3.63, 3.8) is 0 Å². The molecule has 0 aliphatic heterocycles. The molecule has 0 saturated heterocycles. The molecule has 78 valence electrons. The zero-order chi connectivity index (χ0) is 11.0. The molecule has 1 aliphatic carbocycles. The van der Waals surface area contributed by atoms with Crippen molar-refractivity contribution in [2.45, 2.75) is 12.8 Å². The van der Waals surface area contributed by atoms with Crippen molar-refractivity contribution in [1.29, 1.82) is 0 Å². The number of Topliss-reactive ketones (excluding diaryl/α,β-unsaturated/α-hetero) is 1. The van der Waals surface area contributed by atoms with Crippen LogP contribution in [0.1, 0.15) is 22.3 Å². The predicted molar refractivity (Wildman–Crippen MR) is 57.9 cm³/mol. The average Bonchev–Trinajstić information content (AvgIpc) is 2.16. The highest BCUT2D eigenvalue weighted by Crippen LogP contribution is 2.28. The van der Waals surface area contributed by atoms with E-state index in [2.05, 4.69) is 15.9 Å². The van der Waals surface area contributed by atoms with Crippen molar-refractivity contribution < 1.29 is 14.7 Å². The van der Waals surface area contributed by atoms with Crippen molar-refractivity contribution in [3.05, 3.63) is 33.8 Å². The van der Waals surface area contributed by atoms with Crippen LogP contribution in [0.3, 0.4) is 0 Å². The lowest BCUT2D eigenvalue weighted by Crippen LogP contribution is -2.26. The van der Waals surface area contributed by atoms with Gasteiger partial charge in [0.25, 0.3) is 0 Å². The molecule has 2 rings (SSSR count). The summed E-state index contributed by atoms with van der Waals surface area (Å²) >= 11 is 3.31. The molecule has 1 aliphatic rings. The number of aliphatic carboxylic acids is 1. The molecule has 0 spiro atoms. The van der Waals surface area contributed by atoms with Gasteiger partial charge in [0.2, 0.25) is 0 Å². The number of rotatable bonds is 1. The van der Waals surface area contributed by atoms with Crippen molar-refractivity contribution >= 4 is 27.7 Å². The topological polar surface area (TPSA) is 54.4 Å². The lowest BCUT2D eigenvalue weighted by molar-refractivity contribution is -0.141. The van der Waals surface area contributed by atoms with E-state index in [-0.39, 0.29) is 12.2 Å². The summed E-state index contributed by atoms with van der Waals surface area (Å²) < 4.78 is 0.875. The van der Waals surface area contributed by atoms with E-state index < -0.39 is 11.9 Å². The van der Waals surface area contributed by atoms with Gasteiger partial charge in [-0.2, -0.15) is 0 Å². The molecule has 0 amide bonds. The van der Waals surface area contributed by atoms with Gasteiger partial charge in [-0.15, -0.1) is 0 Å². The van der Waals surface area contributed by atoms with Gasteiger partial charge < -0.3 is 5.11 Å². The molecule has 1 aromatic carbocycles. The third-order valence-electron chi connectivity index (χ3n) is 2.62. The van der Waals surface area contributed by atoms with Crippen LogP contribution in [-0.2, 0) is 11.2 Å². The zero-order valence-corrected chi connectivity index (χ0v) is 9.45. The Balaban J connectivity index is 2.41. The summed E-state index contributed by atoms with van der Waals surface area (Å²) in [5.41, 5.74) is 1.49. The van der Waals surface area contributed by atoms with Crippen LogP contribution in [0.2, 0.25) is 0 Å². The molecule has 1 N–H and O–H groups in total. The minimum absolute atomic E-state index is 0.0730. The van der Waals surface area contributed by atoms with E-state index in [0.29, 0.717) is 12.0 Å². The number of carbonyl (C=O) groups is 2. The van der Waals surface area contributed by atoms with Crippen LogP contribution in [0.5, 0.6) is 0 Å². The Morgan fingerprint density at radius 2 is 2.13 bits per heavy atom. The van der Waals surface area contributed by atoms with E-state index >= 15 is 0 Å². The van der Waals surface area contributed by atoms with E-state index in [0.717, 1.165) is 10.0 Å². The quantitative estimate of drug-likeness (QED) is 0.850. The Morgan fingerprint density at radius 3 is 2.80 bits per heavy atom. The molecule has 1 aromatic rings.